The van der Waals surface area contributed by atoms with Gasteiger partial charge in [0.05, 0.1) is 7.11 Å². The Morgan fingerprint density at radius 2 is 1.76 bits per heavy atom. The maximum absolute atomic E-state index is 5.52. The molecule has 118 valence electrons. The van der Waals surface area contributed by atoms with E-state index >= 15 is 0 Å². The van der Waals surface area contributed by atoms with Crippen molar-refractivity contribution in [1.82, 2.24) is 9.97 Å². The topological polar surface area (TPSA) is 59.1 Å². The van der Waals surface area contributed by atoms with E-state index in [4.69, 9.17) is 4.74 Å². The summed E-state index contributed by atoms with van der Waals surface area (Å²) in [5.74, 6) is 2.33. The van der Waals surface area contributed by atoms with Crippen LogP contribution in [0.2, 0.25) is 0 Å². The number of methoxy groups -OCH3 is 1. The maximum atomic E-state index is 5.52. The Bertz CT molecular complexity index is 417. The van der Waals surface area contributed by atoms with Crippen LogP contribution in [0.15, 0.2) is 6.33 Å². The number of rotatable bonds is 6. The summed E-state index contributed by atoms with van der Waals surface area (Å²) in [7, 11) is 1.68. The van der Waals surface area contributed by atoms with Crippen LogP contribution < -0.4 is 15.4 Å². The summed E-state index contributed by atoms with van der Waals surface area (Å²) in [5.41, 5.74) is 0. The minimum atomic E-state index is 0.494. The van der Waals surface area contributed by atoms with E-state index < -0.39 is 0 Å². The lowest BCUT2D eigenvalue weighted by molar-refractivity contribution is 0.411. The van der Waals surface area contributed by atoms with Gasteiger partial charge in [-0.1, -0.05) is 39.0 Å². The molecule has 1 aliphatic rings. The highest BCUT2D eigenvalue weighted by atomic mass is 16.5. The molecule has 0 bridgehead atoms. The van der Waals surface area contributed by atoms with Crippen molar-refractivity contribution in [3.05, 3.63) is 6.33 Å². The number of hydrogen-bond donors (Lipinski definition) is 2. The van der Waals surface area contributed by atoms with Crippen LogP contribution in [0.25, 0.3) is 0 Å². The van der Waals surface area contributed by atoms with Crippen molar-refractivity contribution < 1.29 is 4.74 Å². The van der Waals surface area contributed by atoms with Gasteiger partial charge in [0.15, 0.2) is 11.6 Å². The number of anilines is 2. The Morgan fingerprint density at radius 1 is 1.10 bits per heavy atom. The normalized spacial score (nSPS) is 16.9. The molecule has 0 spiro atoms. The lowest BCUT2D eigenvalue weighted by Crippen LogP contribution is -2.22. The van der Waals surface area contributed by atoms with Crippen LogP contribution in [0.3, 0.4) is 0 Å². The van der Waals surface area contributed by atoms with Gasteiger partial charge in [-0.25, -0.2) is 9.97 Å². The van der Waals surface area contributed by atoms with Gasteiger partial charge in [0.1, 0.15) is 6.33 Å². The number of nitrogens with one attached hydrogen (secondary N) is 2. The van der Waals surface area contributed by atoms with Crippen LogP contribution in [-0.4, -0.2) is 29.7 Å². The van der Waals surface area contributed by atoms with Crippen LogP contribution in [0, 0.1) is 0 Å². The predicted molar refractivity (Wildman–Crippen MR) is 87.1 cm³/mol. The molecule has 0 aliphatic heterocycles. The van der Waals surface area contributed by atoms with Gasteiger partial charge < -0.3 is 15.4 Å². The largest absolute Gasteiger partial charge is 0.490 e. The molecule has 1 fully saturated rings. The number of ether oxygens (including phenoxy) is 1. The van der Waals surface area contributed by atoms with Gasteiger partial charge >= 0.3 is 0 Å². The van der Waals surface area contributed by atoms with E-state index in [1.165, 1.54) is 44.9 Å². The Labute approximate surface area is 127 Å². The van der Waals surface area contributed by atoms with Crippen molar-refractivity contribution in [2.24, 2.45) is 0 Å². The van der Waals surface area contributed by atoms with Crippen LogP contribution in [0.4, 0.5) is 11.6 Å². The molecule has 1 aliphatic carbocycles. The molecule has 0 radical (unpaired) electrons. The third-order valence-corrected chi connectivity index (χ3v) is 4.00. The third kappa shape index (κ3) is 4.76. The van der Waals surface area contributed by atoms with Crippen molar-refractivity contribution in [2.45, 2.75) is 64.3 Å². The Kier molecular flexibility index (Phi) is 6.57. The molecule has 0 unspecified atom stereocenters. The summed E-state index contributed by atoms with van der Waals surface area (Å²) >= 11 is 0. The first kappa shape index (κ1) is 15.9. The molecule has 2 N–H and O–H groups in total. The number of hydrogen-bond acceptors (Lipinski definition) is 5. The average Bonchev–Trinajstić information content (AvgIpc) is 2.47. The summed E-state index contributed by atoms with van der Waals surface area (Å²) in [6.07, 6.45) is 11.8. The zero-order chi connectivity index (χ0) is 14.9. The van der Waals surface area contributed by atoms with E-state index in [0.29, 0.717) is 6.04 Å². The van der Waals surface area contributed by atoms with E-state index in [9.17, 15) is 0 Å². The smallest absolute Gasteiger partial charge is 0.204 e. The van der Waals surface area contributed by atoms with E-state index in [2.05, 4.69) is 27.5 Å². The molecule has 1 heterocycles. The Morgan fingerprint density at radius 3 is 2.43 bits per heavy atom. The van der Waals surface area contributed by atoms with Gasteiger partial charge in [-0.15, -0.1) is 0 Å². The zero-order valence-electron chi connectivity index (χ0n) is 13.3. The monoisotopic (exact) mass is 292 g/mol. The predicted octanol–water partition coefficient (Wildman–Crippen LogP) is 3.83. The molecule has 5 heteroatoms. The fourth-order valence-corrected chi connectivity index (χ4v) is 2.83. The van der Waals surface area contributed by atoms with E-state index in [0.717, 1.165) is 30.4 Å². The molecule has 21 heavy (non-hydrogen) atoms. The van der Waals surface area contributed by atoms with Crippen LogP contribution in [0.1, 0.15) is 58.3 Å². The molecule has 2 rings (SSSR count). The van der Waals surface area contributed by atoms with Crippen molar-refractivity contribution in [2.75, 3.05) is 24.3 Å². The molecule has 0 aromatic carbocycles. The molecule has 0 amide bonds. The molecule has 5 nitrogen and oxygen atoms in total. The second-order valence-corrected chi connectivity index (χ2v) is 5.72. The van der Waals surface area contributed by atoms with Gasteiger partial charge in [-0.05, 0) is 19.3 Å². The summed E-state index contributed by atoms with van der Waals surface area (Å²) in [5, 5.41) is 6.87. The minimum Gasteiger partial charge on any atom is -0.490 e. The Hall–Kier alpha value is -1.52. The highest BCUT2D eigenvalue weighted by molar-refractivity contribution is 5.63. The summed E-state index contributed by atoms with van der Waals surface area (Å²) in [4.78, 5) is 8.67. The van der Waals surface area contributed by atoms with Crippen LogP contribution in [-0.2, 0) is 0 Å². The van der Waals surface area contributed by atoms with Gasteiger partial charge in [-0.3, -0.25) is 0 Å². The van der Waals surface area contributed by atoms with Crippen molar-refractivity contribution in [3.8, 4) is 5.75 Å². The molecule has 0 saturated heterocycles. The van der Waals surface area contributed by atoms with E-state index in [-0.39, 0.29) is 0 Å². The van der Waals surface area contributed by atoms with Crippen molar-refractivity contribution in [1.29, 1.82) is 0 Å². The maximum Gasteiger partial charge on any atom is 0.204 e. The average molecular weight is 292 g/mol. The van der Waals surface area contributed by atoms with Gasteiger partial charge in [-0.2, -0.15) is 0 Å². The van der Waals surface area contributed by atoms with Gasteiger partial charge in [0, 0.05) is 12.6 Å². The SMILES string of the molecule is CCCNc1ncnc(NC2CCCCCCC2)c1OC. The zero-order valence-corrected chi connectivity index (χ0v) is 13.3. The third-order valence-electron chi connectivity index (χ3n) is 4.00. The first-order valence-corrected chi connectivity index (χ1v) is 8.24. The van der Waals surface area contributed by atoms with E-state index in [1.807, 2.05) is 0 Å². The highest BCUT2D eigenvalue weighted by Gasteiger charge is 2.17. The molecular weight excluding hydrogens is 264 g/mol. The van der Waals surface area contributed by atoms with Crippen LogP contribution >= 0.6 is 0 Å². The second kappa shape index (κ2) is 8.70. The molecule has 1 aromatic heterocycles. The molecular formula is C16H28N4O. The molecule has 0 atom stereocenters. The summed E-state index contributed by atoms with van der Waals surface area (Å²) < 4.78 is 5.52. The standard InChI is InChI=1S/C16H28N4O/c1-3-11-17-15-14(21-2)16(19-12-18-15)20-13-9-7-5-4-6-8-10-13/h12-13H,3-11H2,1-2H3,(H2,17,18,19,20). The highest BCUT2D eigenvalue weighted by Crippen LogP contribution is 2.31. The van der Waals surface area contributed by atoms with Crippen molar-refractivity contribution in [3.63, 3.8) is 0 Å². The van der Waals surface area contributed by atoms with E-state index in [1.54, 1.807) is 13.4 Å². The summed E-state index contributed by atoms with van der Waals surface area (Å²) in [6, 6.07) is 0.494. The second-order valence-electron chi connectivity index (χ2n) is 5.72. The molecule has 1 saturated carbocycles. The fraction of sp³-hybridized carbons (Fsp3) is 0.750. The van der Waals surface area contributed by atoms with Crippen molar-refractivity contribution >= 4 is 11.6 Å². The summed E-state index contributed by atoms with van der Waals surface area (Å²) in [6.45, 7) is 3.02. The molecule has 1 aromatic rings. The minimum absolute atomic E-state index is 0.494. The number of aromatic nitrogens is 2. The lowest BCUT2D eigenvalue weighted by Gasteiger charge is -2.23. The van der Waals surface area contributed by atoms with Gasteiger partial charge in [0.25, 0.3) is 0 Å². The lowest BCUT2D eigenvalue weighted by atomic mass is 9.97. The Balaban J connectivity index is 2.06. The van der Waals surface area contributed by atoms with Gasteiger partial charge in [0.2, 0.25) is 5.75 Å². The first-order chi connectivity index (χ1) is 10.3. The fourth-order valence-electron chi connectivity index (χ4n) is 2.83. The quantitative estimate of drug-likeness (QED) is 0.834. The number of nitrogens with zero attached hydrogens (tertiary/aromatic N) is 2. The van der Waals surface area contributed by atoms with Crippen LogP contribution in [0.5, 0.6) is 5.75 Å². The first-order valence-electron chi connectivity index (χ1n) is 8.24.